The Morgan fingerprint density at radius 2 is 2.25 bits per heavy atom. The van der Waals surface area contributed by atoms with Gasteiger partial charge in [-0.2, -0.15) is 0 Å². The Balaban J connectivity index is 3.19. The highest BCUT2D eigenvalue weighted by atomic mass is 19.3. The van der Waals surface area contributed by atoms with Gasteiger partial charge in [-0.15, -0.1) is 0 Å². The molecule has 6 heteroatoms. The van der Waals surface area contributed by atoms with Gasteiger partial charge >= 0.3 is 5.97 Å². The molecule has 0 saturated carbocycles. The third-order valence-corrected chi connectivity index (χ3v) is 2.00. The highest BCUT2D eigenvalue weighted by molar-refractivity contribution is 5.91. The average Bonchev–Trinajstić information content (AvgIpc) is 2.17. The molecular formula is C10H12F2N2O2. The average molecular weight is 230 g/mol. The normalized spacial score (nSPS) is 10.6. The molecule has 1 heterocycles. The van der Waals surface area contributed by atoms with E-state index in [4.69, 9.17) is 10.5 Å². The number of ether oxygens (including phenoxy) is 1. The minimum absolute atomic E-state index is 0.0198. The van der Waals surface area contributed by atoms with Crippen molar-refractivity contribution >= 4 is 11.8 Å². The van der Waals surface area contributed by atoms with Crippen LogP contribution in [0.2, 0.25) is 0 Å². The summed E-state index contributed by atoms with van der Waals surface area (Å²) in [6, 6.07) is 1.03. The maximum Gasteiger partial charge on any atom is 0.339 e. The van der Waals surface area contributed by atoms with Crippen LogP contribution in [-0.2, 0) is 4.74 Å². The highest BCUT2D eigenvalue weighted by Gasteiger charge is 2.19. The summed E-state index contributed by atoms with van der Waals surface area (Å²) in [6.07, 6.45) is -2.76. The van der Waals surface area contributed by atoms with Crippen molar-refractivity contribution in [3.05, 3.63) is 22.9 Å². The van der Waals surface area contributed by atoms with Gasteiger partial charge in [-0.05, 0) is 19.9 Å². The molecule has 0 atom stereocenters. The molecule has 1 aromatic heterocycles. The van der Waals surface area contributed by atoms with Crippen molar-refractivity contribution in [3.63, 3.8) is 0 Å². The lowest BCUT2D eigenvalue weighted by Crippen LogP contribution is -2.11. The molecule has 88 valence electrons. The number of nitrogens with zero attached hydrogens (tertiary/aromatic N) is 1. The summed E-state index contributed by atoms with van der Waals surface area (Å²) < 4.78 is 29.8. The fourth-order valence-corrected chi connectivity index (χ4v) is 1.23. The number of hydrogen-bond acceptors (Lipinski definition) is 4. The van der Waals surface area contributed by atoms with E-state index in [2.05, 4.69) is 4.98 Å². The van der Waals surface area contributed by atoms with Crippen LogP contribution in [-0.4, -0.2) is 17.6 Å². The zero-order chi connectivity index (χ0) is 12.3. The van der Waals surface area contributed by atoms with Crippen LogP contribution in [0.4, 0.5) is 14.6 Å². The molecule has 0 aliphatic rings. The maximum absolute atomic E-state index is 12.5. The number of aryl methyl sites for hydroxylation is 1. The summed E-state index contributed by atoms with van der Waals surface area (Å²) in [5, 5.41) is 0. The number of pyridine rings is 1. The number of carbonyl (C=O) groups is 1. The Labute approximate surface area is 91.4 Å². The molecule has 1 rings (SSSR count). The van der Waals surface area contributed by atoms with Crippen LogP contribution in [0, 0.1) is 6.92 Å². The Bertz CT molecular complexity index is 408. The fourth-order valence-electron chi connectivity index (χ4n) is 1.23. The Morgan fingerprint density at radius 1 is 1.62 bits per heavy atom. The van der Waals surface area contributed by atoms with Gasteiger partial charge in [-0.1, -0.05) is 0 Å². The molecule has 0 radical (unpaired) electrons. The number of esters is 1. The SMILES string of the molecule is CCOC(=O)c1cc(C(F)F)c(N)nc1C. The first-order valence-corrected chi connectivity index (χ1v) is 4.69. The second-order valence-corrected chi connectivity index (χ2v) is 3.12. The third kappa shape index (κ3) is 2.44. The molecule has 16 heavy (non-hydrogen) atoms. The minimum atomic E-state index is -2.76. The van der Waals surface area contributed by atoms with E-state index in [9.17, 15) is 13.6 Å². The van der Waals surface area contributed by atoms with Crippen LogP contribution in [0.15, 0.2) is 6.07 Å². The molecule has 0 unspecified atom stereocenters. The number of nitrogens with two attached hydrogens (primary N) is 1. The zero-order valence-electron chi connectivity index (χ0n) is 8.96. The van der Waals surface area contributed by atoms with E-state index in [0.29, 0.717) is 0 Å². The third-order valence-electron chi connectivity index (χ3n) is 2.00. The van der Waals surface area contributed by atoms with Crippen molar-refractivity contribution in [1.82, 2.24) is 4.98 Å². The second kappa shape index (κ2) is 4.87. The predicted molar refractivity (Wildman–Crippen MR) is 54.3 cm³/mol. The molecule has 0 bridgehead atoms. The lowest BCUT2D eigenvalue weighted by atomic mass is 10.1. The Kier molecular flexibility index (Phi) is 3.76. The molecule has 1 aromatic rings. The number of anilines is 1. The van der Waals surface area contributed by atoms with Gasteiger partial charge in [0.25, 0.3) is 6.43 Å². The lowest BCUT2D eigenvalue weighted by molar-refractivity contribution is 0.0524. The number of hydrogen-bond donors (Lipinski definition) is 1. The van der Waals surface area contributed by atoms with Crippen LogP contribution in [0.1, 0.15) is 35.0 Å². The molecule has 0 aliphatic heterocycles. The van der Waals surface area contributed by atoms with Crippen LogP contribution < -0.4 is 5.73 Å². The van der Waals surface area contributed by atoms with E-state index in [0.717, 1.165) is 6.07 Å². The Hall–Kier alpha value is -1.72. The lowest BCUT2D eigenvalue weighted by Gasteiger charge is -2.09. The predicted octanol–water partition coefficient (Wildman–Crippen LogP) is 2.09. The van der Waals surface area contributed by atoms with Gasteiger partial charge in [0.1, 0.15) is 5.82 Å². The maximum atomic E-state index is 12.5. The Morgan fingerprint density at radius 3 is 2.75 bits per heavy atom. The van der Waals surface area contributed by atoms with E-state index in [1.807, 2.05) is 0 Å². The topological polar surface area (TPSA) is 65.2 Å². The summed E-state index contributed by atoms with van der Waals surface area (Å²) in [5.41, 5.74) is 5.17. The first-order chi connectivity index (χ1) is 7.47. The van der Waals surface area contributed by atoms with Crippen molar-refractivity contribution in [1.29, 1.82) is 0 Å². The van der Waals surface area contributed by atoms with Gasteiger partial charge in [0.05, 0.1) is 23.4 Å². The standard InChI is InChI=1S/C10H12F2N2O2/c1-3-16-10(15)6-4-7(8(11)12)9(13)14-5(6)2/h4,8H,3H2,1-2H3,(H2,13,14). The van der Waals surface area contributed by atoms with Gasteiger partial charge in [0.2, 0.25) is 0 Å². The zero-order valence-corrected chi connectivity index (χ0v) is 8.96. The molecule has 0 spiro atoms. The van der Waals surface area contributed by atoms with Gasteiger partial charge in [-0.3, -0.25) is 0 Å². The number of rotatable bonds is 3. The molecule has 0 aliphatic carbocycles. The van der Waals surface area contributed by atoms with Crippen LogP contribution in [0.25, 0.3) is 0 Å². The number of carbonyl (C=O) groups excluding carboxylic acids is 1. The molecule has 0 fully saturated rings. The van der Waals surface area contributed by atoms with Crippen LogP contribution >= 0.6 is 0 Å². The van der Waals surface area contributed by atoms with Crippen LogP contribution in [0.5, 0.6) is 0 Å². The summed E-state index contributed by atoms with van der Waals surface area (Å²) in [4.78, 5) is 15.1. The second-order valence-electron chi connectivity index (χ2n) is 3.12. The molecule has 2 N–H and O–H groups in total. The van der Waals surface area contributed by atoms with Crippen molar-refractivity contribution in [2.75, 3.05) is 12.3 Å². The fraction of sp³-hybridized carbons (Fsp3) is 0.400. The largest absolute Gasteiger partial charge is 0.462 e. The first-order valence-electron chi connectivity index (χ1n) is 4.69. The van der Waals surface area contributed by atoms with E-state index >= 15 is 0 Å². The monoisotopic (exact) mass is 230 g/mol. The minimum Gasteiger partial charge on any atom is -0.462 e. The molecule has 4 nitrogen and oxygen atoms in total. The number of halogens is 2. The van der Waals surface area contributed by atoms with Gasteiger partial charge in [0.15, 0.2) is 0 Å². The molecular weight excluding hydrogens is 218 g/mol. The van der Waals surface area contributed by atoms with Crippen LogP contribution in [0.3, 0.4) is 0 Å². The quantitative estimate of drug-likeness (QED) is 0.807. The van der Waals surface area contributed by atoms with E-state index in [1.54, 1.807) is 6.92 Å². The van der Waals surface area contributed by atoms with Crippen molar-refractivity contribution < 1.29 is 18.3 Å². The number of aromatic nitrogens is 1. The summed E-state index contributed by atoms with van der Waals surface area (Å²) in [5.74, 6) is -0.935. The van der Waals surface area contributed by atoms with E-state index < -0.39 is 18.0 Å². The van der Waals surface area contributed by atoms with Gasteiger partial charge in [-0.25, -0.2) is 18.6 Å². The summed E-state index contributed by atoms with van der Waals surface area (Å²) in [7, 11) is 0. The summed E-state index contributed by atoms with van der Waals surface area (Å²) >= 11 is 0. The summed E-state index contributed by atoms with van der Waals surface area (Å²) in [6.45, 7) is 3.32. The van der Waals surface area contributed by atoms with E-state index in [1.165, 1.54) is 6.92 Å². The molecule has 0 saturated heterocycles. The van der Waals surface area contributed by atoms with Crippen molar-refractivity contribution in [2.24, 2.45) is 0 Å². The first kappa shape index (κ1) is 12.4. The van der Waals surface area contributed by atoms with Crippen molar-refractivity contribution in [2.45, 2.75) is 20.3 Å². The van der Waals surface area contributed by atoms with Crippen molar-refractivity contribution in [3.8, 4) is 0 Å². The van der Waals surface area contributed by atoms with E-state index in [-0.39, 0.29) is 23.7 Å². The molecule has 0 aromatic carbocycles. The number of nitrogen functional groups attached to an aromatic ring is 1. The van der Waals surface area contributed by atoms with Gasteiger partial charge in [0, 0.05) is 0 Å². The molecule has 0 amide bonds. The smallest absolute Gasteiger partial charge is 0.339 e. The van der Waals surface area contributed by atoms with Gasteiger partial charge < -0.3 is 10.5 Å². The highest BCUT2D eigenvalue weighted by Crippen LogP contribution is 2.25. The number of alkyl halides is 2.